The van der Waals surface area contributed by atoms with E-state index in [0.29, 0.717) is 12.8 Å². The molecule has 2 saturated heterocycles. The number of carbonyl (C=O) groups excluding carboxylic acids is 11. The lowest BCUT2D eigenvalue weighted by molar-refractivity contribution is -0.140. The Balaban J connectivity index is 2.09. The molecule has 0 aromatic carbocycles. The molecule has 2 aliphatic rings. The minimum absolute atomic E-state index is 0.00652. The summed E-state index contributed by atoms with van der Waals surface area (Å²) in [5.41, 5.74) is 0. The van der Waals surface area contributed by atoms with Gasteiger partial charge in [0.15, 0.2) is 0 Å². The Hall–Kier alpha value is -5.65. The van der Waals surface area contributed by atoms with Crippen LogP contribution >= 0.6 is 23.5 Å². The predicted octanol–water partition coefficient (Wildman–Crippen LogP) is -0.549. The Morgan fingerprint density at radius 3 is 1.54 bits per heavy atom. The van der Waals surface area contributed by atoms with Gasteiger partial charge in [0.1, 0.15) is 17.7 Å². The van der Waals surface area contributed by atoms with Crippen LogP contribution < -0.4 is 37.2 Å². The van der Waals surface area contributed by atoms with Crippen LogP contribution in [0, 0.1) is 0 Å². The molecule has 0 aliphatic carbocycles. The maximum atomic E-state index is 13.6. The molecule has 3 atom stereocenters. The van der Waals surface area contributed by atoms with Gasteiger partial charge in [-0.05, 0) is 45.6 Å². The van der Waals surface area contributed by atoms with Crippen LogP contribution in [-0.2, 0) is 52.6 Å². The number of nitrogens with one attached hydrogen (secondary N) is 7. The van der Waals surface area contributed by atoms with Crippen molar-refractivity contribution in [3.63, 3.8) is 0 Å². The molecule has 24 heteroatoms. The Labute approximate surface area is 361 Å². The molecule has 3 unspecified atom stereocenters. The SMILES string of the molecule is C=C(NC(=O)CCN1C(=O)CC(SC)C1=O)NC(=O)CC(CC(=O)NC(=C)NC(=O)CCN1C(=O)CC(SC)C1=O)NC(=O)C(CCCCNC(=O)OCC)NC(=O)OCC. The van der Waals surface area contributed by atoms with Gasteiger partial charge in [0.2, 0.25) is 53.2 Å². The zero-order valence-electron chi connectivity index (χ0n) is 34.6. The van der Waals surface area contributed by atoms with Crippen LogP contribution in [0.5, 0.6) is 0 Å². The number of unbranched alkanes of at least 4 members (excludes halogenated alkanes) is 1. The number of alkyl carbamates (subject to hydrolysis) is 2. The summed E-state index contributed by atoms with van der Waals surface area (Å²) >= 11 is 2.46. The van der Waals surface area contributed by atoms with Crippen LogP contribution in [0.25, 0.3) is 0 Å². The molecular weight excluding hydrogens is 843 g/mol. The first-order chi connectivity index (χ1) is 28.9. The fourth-order valence-corrected chi connectivity index (χ4v) is 7.16. The number of rotatable bonds is 26. The molecular formula is C37H55N9O13S2. The quantitative estimate of drug-likeness (QED) is 0.0424. The van der Waals surface area contributed by atoms with Crippen LogP contribution in [0.4, 0.5) is 9.59 Å². The minimum Gasteiger partial charge on any atom is -0.450 e. The molecule has 0 aromatic heterocycles. The number of thioether (sulfide) groups is 2. The standard InChI is InChI=1S/C37H55N9O13S2/c1-7-58-36(56)38-14-10-9-11-24(44-37(57)59-8-2)33(53)43-23(17-29(49)41-21(3)39-27(47)12-15-45-31(51)19-25(60-5)34(45)54)18-30(50)42-22(4)40-28(48)13-16-46-32(52)20-26(61-6)35(46)55/h23-26H,3-4,7-20H2,1-2,5-6H3,(H,38,56)(H,39,47)(H,40,48)(H,41,49)(H,42,50)(H,43,53)(H,44,57). The van der Waals surface area contributed by atoms with Crippen molar-refractivity contribution in [3.05, 3.63) is 24.8 Å². The highest BCUT2D eigenvalue weighted by Crippen LogP contribution is 2.24. The molecule has 0 spiro atoms. The zero-order valence-corrected chi connectivity index (χ0v) is 36.3. The van der Waals surface area contributed by atoms with Gasteiger partial charge in [0.05, 0.1) is 23.7 Å². The van der Waals surface area contributed by atoms with E-state index < -0.39 is 101 Å². The maximum absolute atomic E-state index is 13.6. The second-order valence-electron chi connectivity index (χ2n) is 13.4. The van der Waals surface area contributed by atoms with Gasteiger partial charge in [0, 0.05) is 64.2 Å². The Bertz CT molecular complexity index is 1620. The minimum atomic E-state index is -1.27. The second kappa shape index (κ2) is 26.5. The van der Waals surface area contributed by atoms with Crippen molar-refractivity contribution in [2.45, 2.75) is 94.2 Å². The molecule has 11 amide bonds. The molecule has 7 N–H and O–H groups in total. The average Bonchev–Trinajstić information content (AvgIpc) is 3.62. The fraction of sp³-hybridized carbons (Fsp3) is 0.595. The predicted molar refractivity (Wildman–Crippen MR) is 221 cm³/mol. The summed E-state index contributed by atoms with van der Waals surface area (Å²) in [5, 5.41) is 15.9. The van der Waals surface area contributed by atoms with E-state index in [1.54, 1.807) is 26.4 Å². The molecule has 2 aliphatic heterocycles. The number of imide groups is 2. The first kappa shape index (κ1) is 51.5. The Kier molecular flexibility index (Phi) is 22.4. The van der Waals surface area contributed by atoms with Crippen LogP contribution in [-0.4, -0.2) is 143 Å². The van der Waals surface area contributed by atoms with Gasteiger partial charge in [-0.3, -0.25) is 53.0 Å². The summed E-state index contributed by atoms with van der Waals surface area (Å²) < 4.78 is 9.75. The lowest BCUT2D eigenvalue weighted by Gasteiger charge is -2.23. The van der Waals surface area contributed by atoms with Gasteiger partial charge in [0.25, 0.3) is 0 Å². The van der Waals surface area contributed by atoms with E-state index in [2.05, 4.69) is 50.4 Å². The molecule has 2 heterocycles. The van der Waals surface area contributed by atoms with Gasteiger partial charge in [-0.15, -0.1) is 0 Å². The van der Waals surface area contributed by atoms with E-state index in [0.717, 1.165) is 9.80 Å². The van der Waals surface area contributed by atoms with Crippen LogP contribution in [0.2, 0.25) is 0 Å². The van der Waals surface area contributed by atoms with E-state index in [9.17, 15) is 52.7 Å². The lowest BCUT2D eigenvalue weighted by atomic mass is 10.1. The fourth-order valence-electron chi connectivity index (χ4n) is 5.89. The lowest BCUT2D eigenvalue weighted by Crippen LogP contribution is -2.51. The van der Waals surface area contributed by atoms with Gasteiger partial charge in [-0.2, -0.15) is 23.5 Å². The van der Waals surface area contributed by atoms with Crippen molar-refractivity contribution in [2.24, 2.45) is 0 Å². The van der Waals surface area contributed by atoms with Crippen molar-refractivity contribution >= 4 is 88.9 Å². The summed E-state index contributed by atoms with van der Waals surface area (Å²) in [6.45, 7) is 10.4. The van der Waals surface area contributed by atoms with E-state index in [1.807, 2.05) is 0 Å². The second-order valence-corrected chi connectivity index (χ2v) is 15.5. The summed E-state index contributed by atoms with van der Waals surface area (Å²) in [7, 11) is 0. The molecule has 0 bridgehead atoms. The molecule has 0 aromatic rings. The maximum Gasteiger partial charge on any atom is 0.407 e. The molecule has 2 rings (SSSR count). The summed E-state index contributed by atoms with van der Waals surface area (Å²) in [6.07, 6.45) is 0.938. The number of hydrogen-bond acceptors (Lipinski definition) is 15. The highest BCUT2D eigenvalue weighted by atomic mass is 32.2. The molecule has 0 radical (unpaired) electrons. The molecule has 0 saturated carbocycles. The normalized spacial score (nSPS) is 16.9. The average molecular weight is 898 g/mol. The van der Waals surface area contributed by atoms with Crippen LogP contribution in [0.3, 0.4) is 0 Å². The van der Waals surface area contributed by atoms with E-state index >= 15 is 0 Å². The first-order valence-electron chi connectivity index (χ1n) is 19.4. The smallest absolute Gasteiger partial charge is 0.407 e. The third-order valence-corrected chi connectivity index (χ3v) is 10.7. The number of likely N-dealkylation sites (tertiary alicyclic amines) is 2. The highest BCUT2D eigenvalue weighted by Gasteiger charge is 2.39. The molecule has 22 nitrogen and oxygen atoms in total. The first-order valence-corrected chi connectivity index (χ1v) is 22.0. The number of ether oxygens (including phenoxy) is 2. The Morgan fingerprint density at radius 1 is 0.672 bits per heavy atom. The molecule has 2 fully saturated rings. The number of carbonyl (C=O) groups is 11. The topological polar surface area (TPSA) is 297 Å². The monoisotopic (exact) mass is 897 g/mol. The van der Waals surface area contributed by atoms with E-state index in [-0.39, 0.29) is 76.6 Å². The van der Waals surface area contributed by atoms with Crippen molar-refractivity contribution in [1.29, 1.82) is 0 Å². The molecule has 338 valence electrons. The van der Waals surface area contributed by atoms with Gasteiger partial charge in [-0.25, -0.2) is 9.59 Å². The van der Waals surface area contributed by atoms with Gasteiger partial charge >= 0.3 is 12.2 Å². The number of nitrogens with zero attached hydrogens (tertiary/aromatic N) is 2. The third-order valence-electron chi connectivity index (χ3n) is 8.82. The summed E-state index contributed by atoms with van der Waals surface area (Å²) in [5.74, 6) is -5.95. The van der Waals surface area contributed by atoms with Gasteiger partial charge in [-0.1, -0.05) is 13.2 Å². The highest BCUT2D eigenvalue weighted by molar-refractivity contribution is 8.00. The Morgan fingerprint density at radius 2 is 1.11 bits per heavy atom. The number of hydrogen-bond donors (Lipinski definition) is 7. The van der Waals surface area contributed by atoms with Crippen LogP contribution in [0.15, 0.2) is 24.8 Å². The van der Waals surface area contributed by atoms with Crippen molar-refractivity contribution in [2.75, 3.05) is 45.4 Å². The van der Waals surface area contributed by atoms with Crippen molar-refractivity contribution in [1.82, 2.24) is 47.0 Å². The summed E-state index contributed by atoms with van der Waals surface area (Å²) in [6, 6.07) is -2.50. The van der Waals surface area contributed by atoms with E-state index in [4.69, 9.17) is 9.47 Å². The van der Waals surface area contributed by atoms with Crippen LogP contribution in [0.1, 0.15) is 71.6 Å². The molecule has 61 heavy (non-hydrogen) atoms. The van der Waals surface area contributed by atoms with Gasteiger partial charge < -0.3 is 46.7 Å². The largest absolute Gasteiger partial charge is 0.450 e. The van der Waals surface area contributed by atoms with E-state index in [1.165, 1.54) is 23.5 Å². The zero-order chi connectivity index (χ0) is 45.6. The third kappa shape index (κ3) is 18.2. The van der Waals surface area contributed by atoms with Crippen molar-refractivity contribution < 1.29 is 62.2 Å². The number of amides is 11. The van der Waals surface area contributed by atoms with Crippen molar-refractivity contribution in [3.8, 4) is 0 Å². The summed E-state index contributed by atoms with van der Waals surface area (Å²) in [4.78, 5) is 140.